The molecule has 1 aliphatic rings. The molecule has 2 rings (SSSR count). The highest BCUT2D eigenvalue weighted by molar-refractivity contribution is 7.09. The average Bonchev–Trinajstić information content (AvgIpc) is 2.99. The van der Waals surface area contributed by atoms with Gasteiger partial charge in [0.25, 0.3) is 0 Å². The van der Waals surface area contributed by atoms with E-state index >= 15 is 0 Å². The summed E-state index contributed by atoms with van der Waals surface area (Å²) < 4.78 is 5.44. The number of thiazole rings is 1. The monoisotopic (exact) mass is 339 g/mol. The fourth-order valence-electron chi connectivity index (χ4n) is 3.00. The van der Waals surface area contributed by atoms with Crippen LogP contribution >= 0.6 is 11.3 Å². The topological polar surface area (TPSA) is 45.7 Å². The van der Waals surface area contributed by atoms with Crippen LogP contribution in [0.4, 0.5) is 4.79 Å². The first-order chi connectivity index (χ1) is 10.8. The number of rotatable bonds is 4. The predicted octanol–water partition coefficient (Wildman–Crippen LogP) is 3.78. The van der Waals surface area contributed by atoms with Crippen LogP contribution in [0.3, 0.4) is 0 Å². The molecule has 1 aliphatic heterocycles. The Hall–Kier alpha value is -1.14. The van der Waals surface area contributed by atoms with Crippen LogP contribution in [0.25, 0.3) is 0 Å². The van der Waals surface area contributed by atoms with Gasteiger partial charge in [0, 0.05) is 31.7 Å². The van der Waals surface area contributed by atoms with Gasteiger partial charge in [0.15, 0.2) is 0 Å². The SMILES string of the molecule is C[C@H](c1nccs1)N1CCC[C@@H](CN(C)C(=O)OC(C)(C)C)C1. The molecule has 0 N–H and O–H groups in total. The summed E-state index contributed by atoms with van der Waals surface area (Å²) in [6.45, 7) is 10.8. The number of nitrogens with zero attached hydrogens (tertiary/aromatic N) is 3. The van der Waals surface area contributed by atoms with Crippen molar-refractivity contribution in [2.45, 2.75) is 52.2 Å². The predicted molar refractivity (Wildman–Crippen MR) is 93.7 cm³/mol. The van der Waals surface area contributed by atoms with Gasteiger partial charge in [-0.25, -0.2) is 9.78 Å². The van der Waals surface area contributed by atoms with Crippen molar-refractivity contribution in [1.29, 1.82) is 0 Å². The number of piperidine rings is 1. The van der Waals surface area contributed by atoms with Crippen LogP contribution in [-0.2, 0) is 4.74 Å². The smallest absolute Gasteiger partial charge is 0.410 e. The van der Waals surface area contributed by atoms with Crippen LogP contribution in [0.5, 0.6) is 0 Å². The lowest BCUT2D eigenvalue weighted by Gasteiger charge is -2.37. The number of ether oxygens (including phenoxy) is 1. The van der Waals surface area contributed by atoms with E-state index in [9.17, 15) is 4.79 Å². The van der Waals surface area contributed by atoms with Gasteiger partial charge in [0.1, 0.15) is 10.6 Å². The van der Waals surface area contributed by atoms with Gasteiger partial charge in [0.05, 0.1) is 6.04 Å². The van der Waals surface area contributed by atoms with E-state index in [1.54, 1.807) is 16.2 Å². The second kappa shape index (κ2) is 7.62. The molecule has 1 amide bonds. The molecule has 1 saturated heterocycles. The number of carbonyl (C=O) groups is 1. The van der Waals surface area contributed by atoms with Gasteiger partial charge in [-0.05, 0) is 53.0 Å². The zero-order valence-corrected chi connectivity index (χ0v) is 15.7. The number of aromatic nitrogens is 1. The maximum atomic E-state index is 12.1. The Labute approximate surface area is 143 Å². The summed E-state index contributed by atoms with van der Waals surface area (Å²) in [6.07, 6.45) is 3.97. The molecule has 2 heterocycles. The Kier molecular flexibility index (Phi) is 6.03. The molecular formula is C17H29N3O2S. The molecule has 0 radical (unpaired) electrons. The molecule has 1 fully saturated rings. The lowest BCUT2D eigenvalue weighted by molar-refractivity contribution is 0.0232. The summed E-state index contributed by atoms with van der Waals surface area (Å²) in [6, 6.07) is 0.352. The largest absolute Gasteiger partial charge is 0.444 e. The second-order valence-electron chi connectivity index (χ2n) is 7.41. The van der Waals surface area contributed by atoms with E-state index in [0.717, 1.165) is 26.1 Å². The van der Waals surface area contributed by atoms with E-state index < -0.39 is 5.60 Å². The summed E-state index contributed by atoms with van der Waals surface area (Å²) in [7, 11) is 1.83. The number of carbonyl (C=O) groups excluding carboxylic acids is 1. The van der Waals surface area contributed by atoms with Gasteiger partial charge < -0.3 is 9.64 Å². The van der Waals surface area contributed by atoms with Crippen LogP contribution < -0.4 is 0 Å². The van der Waals surface area contributed by atoms with Gasteiger partial charge in [-0.1, -0.05) is 0 Å². The van der Waals surface area contributed by atoms with Crippen molar-refractivity contribution in [1.82, 2.24) is 14.8 Å². The number of hydrogen-bond acceptors (Lipinski definition) is 5. The quantitative estimate of drug-likeness (QED) is 0.837. The van der Waals surface area contributed by atoms with Crippen molar-refractivity contribution in [3.05, 3.63) is 16.6 Å². The second-order valence-corrected chi connectivity index (χ2v) is 8.34. The Bertz CT molecular complexity index is 498. The first kappa shape index (κ1) is 18.2. The Morgan fingerprint density at radius 3 is 2.91 bits per heavy atom. The van der Waals surface area contributed by atoms with Crippen molar-refractivity contribution in [2.75, 3.05) is 26.7 Å². The summed E-state index contributed by atoms with van der Waals surface area (Å²) in [5, 5.41) is 3.20. The summed E-state index contributed by atoms with van der Waals surface area (Å²) in [5.41, 5.74) is -0.441. The molecule has 1 aromatic heterocycles. The van der Waals surface area contributed by atoms with Crippen LogP contribution in [0.1, 0.15) is 51.6 Å². The van der Waals surface area contributed by atoms with Gasteiger partial charge in [-0.15, -0.1) is 11.3 Å². The third kappa shape index (κ3) is 5.46. The highest BCUT2D eigenvalue weighted by Crippen LogP contribution is 2.28. The minimum absolute atomic E-state index is 0.234. The number of likely N-dealkylation sites (tertiary alicyclic amines) is 1. The van der Waals surface area contributed by atoms with Gasteiger partial charge >= 0.3 is 6.09 Å². The molecule has 1 aromatic rings. The van der Waals surface area contributed by atoms with Crippen LogP contribution in [0, 0.1) is 5.92 Å². The molecule has 6 heteroatoms. The molecule has 130 valence electrons. The van der Waals surface area contributed by atoms with Crippen LogP contribution in [0.15, 0.2) is 11.6 Å². The van der Waals surface area contributed by atoms with Gasteiger partial charge in [0.2, 0.25) is 0 Å². The first-order valence-electron chi connectivity index (χ1n) is 8.34. The highest BCUT2D eigenvalue weighted by atomic mass is 32.1. The van der Waals surface area contributed by atoms with E-state index in [-0.39, 0.29) is 6.09 Å². The van der Waals surface area contributed by atoms with Crippen molar-refractivity contribution >= 4 is 17.4 Å². The van der Waals surface area contributed by atoms with E-state index in [1.807, 2.05) is 39.4 Å². The maximum Gasteiger partial charge on any atom is 0.410 e. The molecule has 0 bridgehead atoms. The molecule has 0 aromatic carbocycles. The molecule has 0 saturated carbocycles. The van der Waals surface area contributed by atoms with Crippen molar-refractivity contribution < 1.29 is 9.53 Å². The van der Waals surface area contributed by atoms with E-state index in [1.165, 1.54) is 11.4 Å². The number of hydrogen-bond donors (Lipinski definition) is 0. The Balaban J connectivity index is 1.87. The van der Waals surface area contributed by atoms with Crippen LogP contribution in [-0.4, -0.2) is 53.2 Å². The van der Waals surface area contributed by atoms with E-state index in [4.69, 9.17) is 4.74 Å². The summed E-state index contributed by atoms with van der Waals surface area (Å²) in [4.78, 5) is 20.8. The molecule has 23 heavy (non-hydrogen) atoms. The van der Waals surface area contributed by atoms with Crippen molar-refractivity contribution in [2.24, 2.45) is 5.92 Å². The standard InChI is InChI=1S/C17H29N3O2S/c1-13(15-18-8-10-23-15)20-9-6-7-14(12-20)11-19(5)16(21)22-17(2,3)4/h8,10,13-14H,6-7,9,11-12H2,1-5H3/t13-,14+/m1/s1. The molecule has 0 unspecified atom stereocenters. The molecular weight excluding hydrogens is 310 g/mol. The van der Waals surface area contributed by atoms with Gasteiger partial charge in [-0.3, -0.25) is 4.90 Å². The fraction of sp³-hybridized carbons (Fsp3) is 0.765. The highest BCUT2D eigenvalue weighted by Gasteiger charge is 2.28. The van der Waals surface area contributed by atoms with Crippen molar-refractivity contribution in [3.8, 4) is 0 Å². The minimum Gasteiger partial charge on any atom is -0.444 e. The van der Waals surface area contributed by atoms with E-state index in [2.05, 4.69) is 16.8 Å². The molecule has 5 nitrogen and oxygen atoms in total. The van der Waals surface area contributed by atoms with E-state index in [0.29, 0.717) is 12.0 Å². The Morgan fingerprint density at radius 1 is 1.57 bits per heavy atom. The van der Waals surface area contributed by atoms with Gasteiger partial charge in [-0.2, -0.15) is 0 Å². The fourth-order valence-corrected chi connectivity index (χ4v) is 3.73. The average molecular weight is 340 g/mol. The summed E-state index contributed by atoms with van der Waals surface area (Å²) >= 11 is 1.71. The minimum atomic E-state index is -0.441. The third-order valence-corrected chi connectivity index (χ3v) is 5.09. The lowest BCUT2D eigenvalue weighted by Crippen LogP contribution is -2.43. The van der Waals surface area contributed by atoms with Crippen LogP contribution in [0.2, 0.25) is 0 Å². The first-order valence-corrected chi connectivity index (χ1v) is 9.22. The molecule has 0 spiro atoms. The normalized spacial score (nSPS) is 21.0. The third-order valence-electron chi connectivity index (χ3n) is 4.14. The zero-order chi connectivity index (χ0) is 17.0. The molecule has 0 aliphatic carbocycles. The summed E-state index contributed by atoms with van der Waals surface area (Å²) in [5.74, 6) is 0.490. The lowest BCUT2D eigenvalue weighted by atomic mass is 9.96. The maximum absolute atomic E-state index is 12.1. The number of amides is 1. The zero-order valence-electron chi connectivity index (χ0n) is 14.9. The van der Waals surface area contributed by atoms with Crippen molar-refractivity contribution in [3.63, 3.8) is 0 Å². The Morgan fingerprint density at radius 2 is 2.30 bits per heavy atom. The molecule has 2 atom stereocenters.